The zero-order valence-electron chi connectivity index (χ0n) is 9.57. The molecule has 0 radical (unpaired) electrons. The molecule has 0 saturated carbocycles. The van der Waals surface area contributed by atoms with Crippen LogP contribution in [0.2, 0.25) is 0 Å². The number of rotatable bonds is 2. The minimum absolute atomic E-state index is 0.331. The number of ether oxygens (including phenoxy) is 1. The number of carbonyl (C=O) groups excluding carboxylic acids is 1. The molecular formula is C10H17N3O2. The minimum Gasteiger partial charge on any atom is -0.455 e. The fraction of sp³-hybridized carbons (Fsp3) is 0.600. The van der Waals surface area contributed by atoms with Gasteiger partial charge in [-0.2, -0.15) is 5.10 Å². The lowest BCUT2D eigenvalue weighted by molar-refractivity contribution is 0.00562. The normalized spacial score (nSPS) is 11.5. The molecule has 15 heavy (non-hydrogen) atoms. The summed E-state index contributed by atoms with van der Waals surface area (Å²) in [5.41, 5.74) is 5.40. The number of nitrogens with zero attached hydrogens (tertiary/aromatic N) is 2. The van der Waals surface area contributed by atoms with Gasteiger partial charge in [-0.15, -0.1) is 0 Å². The highest BCUT2D eigenvalue weighted by Crippen LogP contribution is 2.13. The van der Waals surface area contributed by atoms with Crippen molar-refractivity contribution in [1.82, 2.24) is 9.78 Å². The van der Waals surface area contributed by atoms with Gasteiger partial charge in [0, 0.05) is 12.6 Å². The molecular weight excluding hydrogens is 194 g/mol. The molecule has 0 fully saturated rings. The number of nitrogens with two attached hydrogens (primary N) is 1. The van der Waals surface area contributed by atoms with Gasteiger partial charge in [0.15, 0.2) is 0 Å². The summed E-state index contributed by atoms with van der Waals surface area (Å²) in [7, 11) is 0. The van der Waals surface area contributed by atoms with Crippen LogP contribution in [0.25, 0.3) is 0 Å². The van der Waals surface area contributed by atoms with Crippen LogP contribution in [0.15, 0.2) is 6.07 Å². The van der Waals surface area contributed by atoms with Gasteiger partial charge < -0.3 is 10.5 Å². The maximum Gasteiger partial charge on any atom is 0.357 e. The molecule has 0 aliphatic rings. The van der Waals surface area contributed by atoms with Crippen molar-refractivity contribution < 1.29 is 9.53 Å². The van der Waals surface area contributed by atoms with E-state index in [1.54, 1.807) is 0 Å². The molecule has 1 rings (SSSR count). The Kier molecular flexibility index (Phi) is 3.02. The first-order valence-corrected chi connectivity index (χ1v) is 4.90. The van der Waals surface area contributed by atoms with Crippen LogP contribution in [0.3, 0.4) is 0 Å². The number of esters is 1. The summed E-state index contributed by atoms with van der Waals surface area (Å²) in [4.78, 5) is 11.7. The molecule has 0 saturated heterocycles. The van der Waals surface area contributed by atoms with Gasteiger partial charge in [-0.1, -0.05) is 0 Å². The summed E-state index contributed by atoms with van der Waals surface area (Å²) in [6, 6.07) is 1.53. The fourth-order valence-electron chi connectivity index (χ4n) is 1.17. The molecule has 0 spiro atoms. The summed E-state index contributed by atoms with van der Waals surface area (Å²) in [5.74, 6) is -0.0636. The maximum absolute atomic E-state index is 11.7. The summed E-state index contributed by atoms with van der Waals surface area (Å²) in [6.07, 6.45) is 0. The number of aromatic nitrogens is 2. The lowest BCUT2D eigenvalue weighted by atomic mass is 10.2. The zero-order chi connectivity index (χ0) is 11.6. The van der Waals surface area contributed by atoms with E-state index in [1.807, 2.05) is 27.7 Å². The van der Waals surface area contributed by atoms with Crippen molar-refractivity contribution in [2.24, 2.45) is 0 Å². The molecule has 5 heteroatoms. The van der Waals surface area contributed by atoms with Crippen LogP contribution in [0, 0.1) is 0 Å². The van der Waals surface area contributed by atoms with E-state index in [9.17, 15) is 4.79 Å². The average Bonchev–Trinajstić information content (AvgIpc) is 2.43. The number of hydrogen-bond donors (Lipinski definition) is 1. The van der Waals surface area contributed by atoms with Crippen LogP contribution in [0.1, 0.15) is 38.2 Å². The molecule has 0 aliphatic carbocycles. The van der Waals surface area contributed by atoms with Crippen molar-refractivity contribution in [2.45, 2.75) is 39.8 Å². The Labute approximate surface area is 89.2 Å². The van der Waals surface area contributed by atoms with E-state index < -0.39 is 11.6 Å². The Morgan fingerprint density at radius 2 is 2.20 bits per heavy atom. The molecule has 2 N–H and O–H groups in total. The first kappa shape index (κ1) is 11.6. The average molecular weight is 211 g/mol. The van der Waals surface area contributed by atoms with Gasteiger partial charge in [-0.05, 0) is 27.7 Å². The number of aryl methyl sites for hydroxylation is 1. The van der Waals surface area contributed by atoms with Gasteiger partial charge >= 0.3 is 5.97 Å². The third-order valence-corrected chi connectivity index (χ3v) is 1.71. The van der Waals surface area contributed by atoms with E-state index in [4.69, 9.17) is 10.5 Å². The summed E-state index contributed by atoms with van der Waals surface area (Å²) < 4.78 is 6.76. The monoisotopic (exact) mass is 211 g/mol. The lowest BCUT2D eigenvalue weighted by Gasteiger charge is -2.19. The lowest BCUT2D eigenvalue weighted by Crippen LogP contribution is -2.25. The largest absolute Gasteiger partial charge is 0.455 e. The fourth-order valence-corrected chi connectivity index (χ4v) is 1.17. The van der Waals surface area contributed by atoms with Gasteiger partial charge in [0.1, 0.15) is 17.1 Å². The predicted octanol–water partition coefficient (Wildman–Crippen LogP) is 1.44. The Hall–Kier alpha value is -1.52. The quantitative estimate of drug-likeness (QED) is 0.751. The topological polar surface area (TPSA) is 70.1 Å². The standard InChI is InChI=1S/C10H17N3O2/c1-5-13-7(6-8(11)12-13)9(14)15-10(2,3)4/h6H,5H2,1-4H3,(H2,11,12). The highest BCUT2D eigenvalue weighted by Gasteiger charge is 2.21. The molecule has 0 amide bonds. The van der Waals surface area contributed by atoms with E-state index >= 15 is 0 Å². The molecule has 0 aromatic carbocycles. The molecule has 0 bridgehead atoms. The Morgan fingerprint density at radius 1 is 1.60 bits per heavy atom. The molecule has 84 valence electrons. The molecule has 5 nitrogen and oxygen atoms in total. The number of carbonyl (C=O) groups is 1. The van der Waals surface area contributed by atoms with E-state index in [1.165, 1.54) is 10.7 Å². The maximum atomic E-state index is 11.7. The van der Waals surface area contributed by atoms with Crippen LogP contribution in [-0.4, -0.2) is 21.4 Å². The minimum atomic E-state index is -0.505. The molecule has 0 unspecified atom stereocenters. The van der Waals surface area contributed by atoms with Gasteiger partial charge in [-0.25, -0.2) is 4.79 Å². The van der Waals surface area contributed by atoms with Crippen LogP contribution >= 0.6 is 0 Å². The Balaban J connectivity index is 2.91. The van der Waals surface area contributed by atoms with Crippen molar-refractivity contribution in [3.8, 4) is 0 Å². The van der Waals surface area contributed by atoms with Crippen molar-refractivity contribution in [2.75, 3.05) is 5.73 Å². The third kappa shape index (κ3) is 2.97. The van der Waals surface area contributed by atoms with Crippen LogP contribution in [-0.2, 0) is 11.3 Å². The molecule has 1 aromatic rings. The first-order valence-electron chi connectivity index (χ1n) is 4.90. The van der Waals surface area contributed by atoms with Crippen LogP contribution in [0.4, 0.5) is 5.82 Å². The number of anilines is 1. The second-order valence-electron chi connectivity index (χ2n) is 4.27. The predicted molar refractivity (Wildman–Crippen MR) is 57.5 cm³/mol. The first-order chi connectivity index (χ1) is 6.83. The van der Waals surface area contributed by atoms with E-state index in [0.29, 0.717) is 18.1 Å². The van der Waals surface area contributed by atoms with E-state index in [2.05, 4.69) is 5.10 Å². The van der Waals surface area contributed by atoms with Crippen molar-refractivity contribution >= 4 is 11.8 Å². The summed E-state index contributed by atoms with van der Waals surface area (Å²) in [5, 5.41) is 3.97. The van der Waals surface area contributed by atoms with Gasteiger partial charge in [0.05, 0.1) is 0 Å². The number of nitrogen functional groups attached to an aromatic ring is 1. The molecule has 1 heterocycles. The van der Waals surface area contributed by atoms with E-state index in [0.717, 1.165) is 0 Å². The van der Waals surface area contributed by atoms with Gasteiger partial charge in [0.25, 0.3) is 0 Å². The molecule has 0 atom stereocenters. The van der Waals surface area contributed by atoms with E-state index in [-0.39, 0.29) is 0 Å². The number of hydrogen-bond acceptors (Lipinski definition) is 4. The molecule has 1 aromatic heterocycles. The van der Waals surface area contributed by atoms with Crippen molar-refractivity contribution in [3.63, 3.8) is 0 Å². The Morgan fingerprint density at radius 3 is 2.67 bits per heavy atom. The molecule has 0 aliphatic heterocycles. The van der Waals surface area contributed by atoms with Crippen molar-refractivity contribution in [3.05, 3.63) is 11.8 Å². The summed E-state index contributed by atoms with van der Waals surface area (Å²) in [6.45, 7) is 7.94. The summed E-state index contributed by atoms with van der Waals surface area (Å²) >= 11 is 0. The van der Waals surface area contributed by atoms with Crippen LogP contribution in [0.5, 0.6) is 0 Å². The highest BCUT2D eigenvalue weighted by atomic mass is 16.6. The van der Waals surface area contributed by atoms with Gasteiger partial charge in [-0.3, -0.25) is 4.68 Å². The second-order valence-corrected chi connectivity index (χ2v) is 4.27. The van der Waals surface area contributed by atoms with Crippen LogP contribution < -0.4 is 5.73 Å². The second kappa shape index (κ2) is 3.92. The SMILES string of the molecule is CCn1nc(N)cc1C(=O)OC(C)(C)C. The third-order valence-electron chi connectivity index (χ3n) is 1.71. The zero-order valence-corrected chi connectivity index (χ0v) is 9.57. The highest BCUT2D eigenvalue weighted by molar-refractivity contribution is 5.88. The van der Waals surface area contributed by atoms with Gasteiger partial charge in [0.2, 0.25) is 0 Å². The van der Waals surface area contributed by atoms with Crippen molar-refractivity contribution in [1.29, 1.82) is 0 Å². The smallest absolute Gasteiger partial charge is 0.357 e. The Bertz CT molecular complexity index is 363.